The largest absolute Gasteiger partial charge is 0.480 e. The number of aliphatic hydroxyl groups is 1. The van der Waals surface area contributed by atoms with Gasteiger partial charge in [0.05, 0.1) is 28.5 Å². The van der Waals surface area contributed by atoms with Crippen LogP contribution in [0.1, 0.15) is 38.8 Å². The predicted molar refractivity (Wildman–Crippen MR) is 150 cm³/mol. The Morgan fingerprint density at radius 2 is 2.00 bits per heavy atom. The van der Waals surface area contributed by atoms with E-state index in [4.69, 9.17) is 32.9 Å². The molecule has 3 aromatic rings. The van der Waals surface area contributed by atoms with E-state index in [1.54, 1.807) is 42.5 Å². The fourth-order valence-electron chi connectivity index (χ4n) is 4.52. The zero-order valence-corrected chi connectivity index (χ0v) is 23.4. The van der Waals surface area contributed by atoms with E-state index < -0.39 is 30.2 Å². The molecule has 2 unspecified atom stereocenters. The molecule has 0 spiro atoms. The van der Waals surface area contributed by atoms with Gasteiger partial charge in [0, 0.05) is 36.6 Å². The van der Waals surface area contributed by atoms with Crippen LogP contribution in [0.5, 0.6) is 0 Å². The Morgan fingerprint density at radius 3 is 2.71 bits per heavy atom. The number of carbonyl (C=O) groups excluding carboxylic acids is 2. The van der Waals surface area contributed by atoms with Gasteiger partial charge in [-0.2, -0.15) is 5.26 Å². The van der Waals surface area contributed by atoms with Crippen LogP contribution in [0.2, 0.25) is 10.0 Å². The number of hydrogen-bond donors (Lipinski definition) is 6. The van der Waals surface area contributed by atoms with Crippen molar-refractivity contribution >= 4 is 52.0 Å². The second kappa shape index (κ2) is 13.2. The molecular formula is C27H28Cl2N6O6. The van der Waals surface area contributed by atoms with Crippen LogP contribution in [0, 0.1) is 11.5 Å². The van der Waals surface area contributed by atoms with Crippen LogP contribution >= 0.6 is 23.2 Å². The molecule has 1 aliphatic heterocycles. The van der Waals surface area contributed by atoms with Crippen LogP contribution in [0.25, 0.3) is 11.0 Å². The van der Waals surface area contributed by atoms with Gasteiger partial charge in [0.15, 0.2) is 6.19 Å². The van der Waals surface area contributed by atoms with Gasteiger partial charge < -0.3 is 24.8 Å². The number of carboxylic acids is 1. The second-order valence-corrected chi connectivity index (χ2v) is 10.3. The number of nitrogens with zero attached hydrogens (tertiary/aromatic N) is 2. The third kappa shape index (κ3) is 6.90. The van der Waals surface area contributed by atoms with E-state index in [0.717, 1.165) is 5.39 Å². The molecule has 6 N–H and O–H groups in total. The van der Waals surface area contributed by atoms with Crippen molar-refractivity contribution in [2.24, 2.45) is 0 Å². The van der Waals surface area contributed by atoms with E-state index in [2.05, 4.69) is 21.3 Å². The number of aliphatic hydroxyl groups excluding tert-OH is 1. The molecule has 12 nitrogen and oxygen atoms in total. The fourth-order valence-corrected chi connectivity index (χ4v) is 5.29. The standard InChI is InChI=1S/C27H28Cl2N6O6/c1-14(12-36)33-27(32-13-30)31-10-20(26(39)40)34-24(37)22-19(28)8-17-11-35(6-4-18(17)23(22)29)25(38)16-3-2-15-5-7-41-21(15)9-16/h2-3,5,7-9,14,20,27,31-33,36H,4,6,10-12H2,1H3,(H,34,37)(H,39,40)/t14-,20?,27?/m0/s1. The minimum Gasteiger partial charge on any atom is -0.480 e. The maximum Gasteiger partial charge on any atom is 0.327 e. The molecule has 2 aromatic carbocycles. The van der Waals surface area contributed by atoms with Gasteiger partial charge in [0.2, 0.25) is 0 Å². The third-order valence-corrected chi connectivity index (χ3v) is 7.40. The van der Waals surface area contributed by atoms with Gasteiger partial charge in [0.25, 0.3) is 11.8 Å². The number of carbonyl (C=O) groups is 3. The molecular weight excluding hydrogens is 575 g/mol. The number of hydrogen-bond acceptors (Lipinski definition) is 9. The summed E-state index contributed by atoms with van der Waals surface area (Å²) < 4.78 is 5.41. The van der Waals surface area contributed by atoms with E-state index in [0.29, 0.717) is 35.2 Å². The van der Waals surface area contributed by atoms with Crippen molar-refractivity contribution in [2.75, 3.05) is 19.7 Å². The maximum absolute atomic E-state index is 13.2. The summed E-state index contributed by atoms with van der Waals surface area (Å²) in [7, 11) is 0. The normalized spacial score (nSPS) is 15.0. The van der Waals surface area contributed by atoms with Gasteiger partial charge in [-0.3, -0.25) is 25.5 Å². The molecule has 0 saturated heterocycles. The molecule has 14 heteroatoms. The lowest BCUT2D eigenvalue weighted by atomic mass is 9.96. The van der Waals surface area contributed by atoms with Gasteiger partial charge in [0.1, 0.15) is 17.9 Å². The molecule has 1 aliphatic rings. The average molecular weight is 603 g/mol. The minimum atomic E-state index is -1.40. The van der Waals surface area contributed by atoms with Crippen LogP contribution in [-0.2, 0) is 17.8 Å². The highest BCUT2D eigenvalue weighted by Crippen LogP contribution is 2.35. The fraction of sp³-hybridized carbons (Fsp3) is 0.333. The Bertz CT molecular complexity index is 1510. The molecule has 1 aromatic heterocycles. The van der Waals surface area contributed by atoms with Crippen molar-refractivity contribution in [3.05, 3.63) is 68.9 Å². The SMILES string of the molecule is C[C@@H](CO)NC(NC#N)NCC(NC(=O)c1c(Cl)cc2c(c1Cl)CCN(C(=O)c1ccc3ccoc3c1)C2)C(=O)O. The van der Waals surface area contributed by atoms with Gasteiger partial charge in [-0.1, -0.05) is 29.3 Å². The Balaban J connectivity index is 1.47. The lowest BCUT2D eigenvalue weighted by Crippen LogP contribution is -2.58. The Morgan fingerprint density at radius 1 is 1.22 bits per heavy atom. The first-order chi connectivity index (χ1) is 19.6. The van der Waals surface area contributed by atoms with E-state index in [1.165, 1.54) is 0 Å². The number of benzene rings is 2. The van der Waals surface area contributed by atoms with Crippen LogP contribution in [0.4, 0.5) is 0 Å². The Kier molecular flexibility index (Phi) is 9.69. The lowest BCUT2D eigenvalue weighted by molar-refractivity contribution is -0.139. The summed E-state index contributed by atoms with van der Waals surface area (Å²) in [6, 6.07) is 6.81. The topological polar surface area (TPSA) is 180 Å². The summed E-state index contributed by atoms with van der Waals surface area (Å²) in [4.78, 5) is 39.9. The highest BCUT2D eigenvalue weighted by molar-refractivity contribution is 6.40. The van der Waals surface area contributed by atoms with Crippen LogP contribution in [0.3, 0.4) is 0 Å². The summed E-state index contributed by atoms with van der Waals surface area (Å²) in [6.07, 6.45) is 2.79. The van der Waals surface area contributed by atoms with Crippen LogP contribution < -0.4 is 21.3 Å². The number of furan rings is 1. The van der Waals surface area contributed by atoms with Crippen molar-refractivity contribution in [1.29, 1.82) is 5.26 Å². The van der Waals surface area contributed by atoms with Crippen molar-refractivity contribution in [3.8, 4) is 6.19 Å². The number of nitriles is 1. The lowest BCUT2D eigenvalue weighted by Gasteiger charge is -2.30. The van der Waals surface area contributed by atoms with Crippen molar-refractivity contribution in [3.63, 3.8) is 0 Å². The first kappa shape index (κ1) is 30.1. The molecule has 0 saturated carbocycles. The number of carboxylic acid groups (broad SMARTS) is 1. The summed E-state index contributed by atoms with van der Waals surface area (Å²) in [5.41, 5.74) is 2.35. The zero-order chi connectivity index (χ0) is 29.7. The van der Waals surface area contributed by atoms with E-state index in [9.17, 15) is 24.6 Å². The molecule has 0 radical (unpaired) electrons. The zero-order valence-electron chi connectivity index (χ0n) is 21.9. The number of amides is 2. The van der Waals surface area contributed by atoms with Gasteiger partial charge in [-0.15, -0.1) is 0 Å². The molecule has 4 rings (SSSR count). The van der Waals surface area contributed by atoms with E-state index in [-0.39, 0.29) is 41.2 Å². The average Bonchev–Trinajstić information content (AvgIpc) is 3.42. The van der Waals surface area contributed by atoms with E-state index >= 15 is 0 Å². The van der Waals surface area contributed by atoms with Gasteiger partial charge in [-0.05, 0) is 48.7 Å². The van der Waals surface area contributed by atoms with Crippen molar-refractivity contribution in [1.82, 2.24) is 26.2 Å². The molecule has 41 heavy (non-hydrogen) atoms. The summed E-state index contributed by atoms with van der Waals surface area (Å²) in [6.45, 7) is 1.75. The summed E-state index contributed by atoms with van der Waals surface area (Å²) in [5.74, 6) is -2.31. The molecule has 0 bridgehead atoms. The third-order valence-electron chi connectivity index (χ3n) is 6.69. The number of rotatable bonds is 11. The molecule has 3 atom stereocenters. The second-order valence-electron chi connectivity index (χ2n) is 9.55. The number of nitrogens with one attached hydrogen (secondary N) is 4. The molecule has 2 heterocycles. The quantitative estimate of drug-likeness (QED) is 0.108. The number of halogens is 2. The predicted octanol–water partition coefficient (Wildman–Crippen LogP) is 2.04. The van der Waals surface area contributed by atoms with Gasteiger partial charge in [-0.25, -0.2) is 4.79 Å². The Labute approximate surface area is 245 Å². The van der Waals surface area contributed by atoms with Gasteiger partial charge >= 0.3 is 5.97 Å². The highest BCUT2D eigenvalue weighted by atomic mass is 35.5. The van der Waals surface area contributed by atoms with Crippen LogP contribution in [0.15, 0.2) is 41.0 Å². The van der Waals surface area contributed by atoms with Crippen LogP contribution in [-0.4, -0.2) is 71.0 Å². The smallest absolute Gasteiger partial charge is 0.327 e. The minimum absolute atomic E-state index is 0.0112. The number of fused-ring (bicyclic) bond motifs is 2. The molecule has 2 amide bonds. The highest BCUT2D eigenvalue weighted by Gasteiger charge is 2.30. The monoisotopic (exact) mass is 602 g/mol. The molecule has 0 fully saturated rings. The van der Waals surface area contributed by atoms with Crippen molar-refractivity contribution in [2.45, 2.75) is 38.3 Å². The number of aliphatic carboxylic acids is 1. The first-order valence-electron chi connectivity index (χ1n) is 12.7. The van der Waals surface area contributed by atoms with Crippen molar-refractivity contribution < 1.29 is 29.0 Å². The van der Waals surface area contributed by atoms with E-state index in [1.807, 2.05) is 12.1 Å². The molecule has 0 aliphatic carbocycles. The maximum atomic E-state index is 13.2. The Hall–Kier alpha value is -3.86. The molecule has 216 valence electrons. The summed E-state index contributed by atoms with van der Waals surface area (Å²) >= 11 is 13.1. The first-order valence-corrected chi connectivity index (χ1v) is 13.4. The summed E-state index contributed by atoms with van der Waals surface area (Å²) in [5, 5.41) is 39.3.